The molecular weight excluding hydrogens is 294 g/mol. The molecule has 0 bridgehead atoms. The van der Waals surface area contributed by atoms with E-state index in [2.05, 4.69) is 13.8 Å². The Morgan fingerprint density at radius 3 is 2.24 bits per heavy atom. The van der Waals surface area contributed by atoms with Crippen molar-refractivity contribution in [3.63, 3.8) is 0 Å². The first kappa shape index (κ1) is 20.1. The van der Waals surface area contributed by atoms with Gasteiger partial charge in [-0.15, -0.1) is 0 Å². The summed E-state index contributed by atoms with van der Waals surface area (Å²) in [5.41, 5.74) is 0. The van der Waals surface area contributed by atoms with Gasteiger partial charge in [0, 0.05) is 18.9 Å². The fraction of sp³-hybridized carbons (Fsp3) is 0.786. The summed E-state index contributed by atoms with van der Waals surface area (Å²) in [6.45, 7) is 9.51. The van der Waals surface area contributed by atoms with E-state index in [4.69, 9.17) is 9.29 Å². The van der Waals surface area contributed by atoms with Crippen LogP contribution in [-0.2, 0) is 19.6 Å². The zero-order valence-corrected chi connectivity index (χ0v) is 14.1. The molecule has 0 aromatic heterocycles. The summed E-state index contributed by atoms with van der Waals surface area (Å²) in [6.07, 6.45) is 4.18. The van der Waals surface area contributed by atoms with Crippen LogP contribution in [0.3, 0.4) is 0 Å². The minimum atomic E-state index is -3.89. The Balaban J connectivity index is 4.24. The molecule has 0 aliphatic rings. The van der Waals surface area contributed by atoms with Gasteiger partial charge >= 0.3 is 5.97 Å². The van der Waals surface area contributed by atoms with E-state index >= 15 is 0 Å². The predicted octanol–water partition coefficient (Wildman–Crippen LogP) is 1.63. The van der Waals surface area contributed by atoms with Gasteiger partial charge in [0.15, 0.2) is 0 Å². The van der Waals surface area contributed by atoms with Crippen molar-refractivity contribution < 1.29 is 27.0 Å². The molecule has 0 aromatic rings. The molecule has 0 spiro atoms. The molecule has 6 nitrogen and oxygen atoms in total. The number of carbonyl (C=O) groups is 1. The lowest BCUT2D eigenvalue weighted by molar-refractivity contribution is -0.925. The summed E-state index contributed by atoms with van der Waals surface area (Å²) in [6, 6.07) is 0. The number of rotatable bonds is 11. The van der Waals surface area contributed by atoms with Crippen LogP contribution < -0.4 is 0 Å². The minimum absolute atomic E-state index is 0.205. The molecule has 1 N–H and O–H groups in total. The number of quaternary nitrogens is 1. The van der Waals surface area contributed by atoms with Gasteiger partial charge in [0.1, 0.15) is 0 Å². The van der Waals surface area contributed by atoms with Gasteiger partial charge < -0.3 is 9.22 Å². The number of esters is 1. The largest absolute Gasteiger partial charge is 0.462 e. The lowest BCUT2D eigenvalue weighted by Gasteiger charge is -2.37. The Hall–Kier alpha value is -0.920. The van der Waals surface area contributed by atoms with Crippen molar-refractivity contribution in [1.82, 2.24) is 0 Å². The normalized spacial score (nSPS) is 12.8. The molecule has 0 atom stereocenters. The van der Waals surface area contributed by atoms with Crippen LogP contribution in [0.15, 0.2) is 12.2 Å². The van der Waals surface area contributed by atoms with Crippen LogP contribution in [0.4, 0.5) is 0 Å². The highest BCUT2D eigenvalue weighted by Crippen LogP contribution is 2.10. The number of hydrogen-bond acceptors (Lipinski definition) is 4. The number of ether oxygens (including phenoxy) is 1. The van der Waals surface area contributed by atoms with Crippen molar-refractivity contribution in [1.29, 1.82) is 0 Å². The van der Waals surface area contributed by atoms with E-state index in [9.17, 15) is 13.2 Å². The SMILES string of the molecule is CC=CC(=O)OCCC[N+](CC)(CC)CCCS(=O)(=O)O. The quantitative estimate of drug-likeness (QED) is 0.206. The monoisotopic (exact) mass is 322 g/mol. The first-order valence-electron chi connectivity index (χ1n) is 7.38. The van der Waals surface area contributed by atoms with Gasteiger partial charge in [-0.25, -0.2) is 4.79 Å². The minimum Gasteiger partial charge on any atom is -0.462 e. The average molecular weight is 322 g/mol. The standard InChI is InChI=1S/C14H27NO5S/c1-4-9-14(16)20-12-7-10-15(5-2,6-3)11-8-13-21(17,18)19/h4,9H,5-8,10-13H2,1-3H3/p+1. The van der Waals surface area contributed by atoms with E-state index in [0.29, 0.717) is 19.6 Å². The number of nitrogens with zero attached hydrogens (tertiary/aromatic N) is 1. The topological polar surface area (TPSA) is 80.7 Å². The smallest absolute Gasteiger partial charge is 0.330 e. The second kappa shape index (κ2) is 9.92. The molecule has 0 fully saturated rings. The molecule has 0 saturated carbocycles. The Morgan fingerprint density at radius 2 is 1.76 bits per heavy atom. The van der Waals surface area contributed by atoms with Gasteiger partial charge in [-0.3, -0.25) is 4.55 Å². The van der Waals surface area contributed by atoms with Crippen LogP contribution in [0, 0.1) is 0 Å². The Morgan fingerprint density at radius 1 is 1.19 bits per heavy atom. The molecule has 7 heteroatoms. The summed E-state index contributed by atoms with van der Waals surface area (Å²) in [5, 5.41) is 0. The second-order valence-electron chi connectivity index (χ2n) is 5.08. The number of carbonyl (C=O) groups excluding carboxylic acids is 1. The van der Waals surface area contributed by atoms with Gasteiger partial charge in [0.2, 0.25) is 0 Å². The van der Waals surface area contributed by atoms with Gasteiger partial charge in [-0.05, 0) is 20.8 Å². The maximum absolute atomic E-state index is 11.2. The molecule has 0 amide bonds. The third kappa shape index (κ3) is 9.60. The van der Waals surface area contributed by atoms with Crippen LogP contribution in [-0.4, -0.2) is 62.0 Å². The third-order valence-corrected chi connectivity index (χ3v) is 4.50. The molecule has 21 heavy (non-hydrogen) atoms. The molecule has 0 aliphatic carbocycles. The molecule has 0 aliphatic heterocycles. The van der Waals surface area contributed by atoms with Gasteiger partial charge in [0.05, 0.1) is 38.5 Å². The lowest BCUT2D eigenvalue weighted by atomic mass is 10.2. The van der Waals surface area contributed by atoms with Crippen molar-refractivity contribution in [2.24, 2.45) is 0 Å². The zero-order chi connectivity index (χ0) is 16.4. The van der Waals surface area contributed by atoms with E-state index in [1.165, 1.54) is 6.08 Å². The van der Waals surface area contributed by atoms with Gasteiger partial charge in [-0.1, -0.05) is 6.08 Å². The van der Waals surface area contributed by atoms with Crippen LogP contribution in [0.5, 0.6) is 0 Å². The molecule has 0 heterocycles. The molecular formula is C14H28NO5S+. The predicted molar refractivity (Wildman–Crippen MR) is 82.5 cm³/mol. The molecule has 0 radical (unpaired) electrons. The Bertz CT molecular complexity index is 427. The van der Waals surface area contributed by atoms with E-state index in [1.807, 2.05) is 0 Å². The van der Waals surface area contributed by atoms with Crippen molar-refractivity contribution in [2.75, 3.05) is 38.5 Å². The summed E-state index contributed by atoms with van der Waals surface area (Å²) in [4.78, 5) is 11.2. The third-order valence-electron chi connectivity index (χ3n) is 3.70. The first-order chi connectivity index (χ1) is 9.78. The molecule has 124 valence electrons. The van der Waals surface area contributed by atoms with E-state index < -0.39 is 10.1 Å². The summed E-state index contributed by atoms with van der Waals surface area (Å²) < 4.78 is 36.2. The van der Waals surface area contributed by atoms with Crippen LogP contribution in [0.2, 0.25) is 0 Å². The van der Waals surface area contributed by atoms with E-state index in [1.54, 1.807) is 13.0 Å². The highest BCUT2D eigenvalue weighted by molar-refractivity contribution is 7.85. The maximum atomic E-state index is 11.2. The average Bonchev–Trinajstić information content (AvgIpc) is 2.41. The van der Waals surface area contributed by atoms with Crippen molar-refractivity contribution in [2.45, 2.75) is 33.6 Å². The fourth-order valence-electron chi connectivity index (χ4n) is 2.31. The van der Waals surface area contributed by atoms with Crippen molar-refractivity contribution in [3.8, 4) is 0 Å². The van der Waals surface area contributed by atoms with Gasteiger partial charge in [-0.2, -0.15) is 8.42 Å². The molecule has 0 unspecified atom stereocenters. The van der Waals surface area contributed by atoms with Crippen molar-refractivity contribution >= 4 is 16.1 Å². The molecule has 0 rings (SSSR count). The number of hydrogen-bond donors (Lipinski definition) is 1. The van der Waals surface area contributed by atoms with E-state index in [0.717, 1.165) is 30.5 Å². The Labute approximate surface area is 128 Å². The van der Waals surface area contributed by atoms with Crippen LogP contribution >= 0.6 is 0 Å². The first-order valence-corrected chi connectivity index (χ1v) is 8.99. The molecule has 0 saturated heterocycles. The summed E-state index contributed by atoms with van der Waals surface area (Å²) in [5.74, 6) is -0.543. The second-order valence-corrected chi connectivity index (χ2v) is 6.65. The summed E-state index contributed by atoms with van der Waals surface area (Å²) in [7, 11) is -3.89. The number of allylic oxidation sites excluding steroid dienone is 1. The van der Waals surface area contributed by atoms with Crippen LogP contribution in [0.25, 0.3) is 0 Å². The lowest BCUT2D eigenvalue weighted by Crippen LogP contribution is -2.49. The highest BCUT2D eigenvalue weighted by atomic mass is 32.2. The maximum Gasteiger partial charge on any atom is 0.330 e. The zero-order valence-electron chi connectivity index (χ0n) is 13.2. The van der Waals surface area contributed by atoms with Crippen LogP contribution in [0.1, 0.15) is 33.6 Å². The Kier molecular flexibility index (Phi) is 9.48. The fourth-order valence-corrected chi connectivity index (χ4v) is 2.80. The van der Waals surface area contributed by atoms with E-state index in [-0.39, 0.29) is 11.7 Å². The van der Waals surface area contributed by atoms with Crippen molar-refractivity contribution in [3.05, 3.63) is 12.2 Å². The highest BCUT2D eigenvalue weighted by Gasteiger charge is 2.23. The molecule has 0 aromatic carbocycles. The van der Waals surface area contributed by atoms with Gasteiger partial charge in [0.25, 0.3) is 10.1 Å². The summed E-state index contributed by atoms with van der Waals surface area (Å²) >= 11 is 0.